The van der Waals surface area contributed by atoms with E-state index in [4.69, 9.17) is 14.5 Å². The van der Waals surface area contributed by atoms with Gasteiger partial charge in [0.2, 0.25) is 0 Å². The van der Waals surface area contributed by atoms with Crippen LogP contribution in [0.4, 0.5) is 10.6 Å². The quantitative estimate of drug-likeness (QED) is 0.520. The minimum Gasteiger partial charge on any atom is -0.466 e. The van der Waals surface area contributed by atoms with Crippen molar-refractivity contribution in [2.45, 2.75) is 78.2 Å². The first-order chi connectivity index (χ1) is 12.8. The highest BCUT2D eigenvalue weighted by Gasteiger charge is 2.28. The van der Waals surface area contributed by atoms with Crippen molar-refractivity contribution in [3.63, 3.8) is 0 Å². The summed E-state index contributed by atoms with van der Waals surface area (Å²) in [6, 6.07) is 4.12. The van der Waals surface area contributed by atoms with Gasteiger partial charge in [-0.25, -0.2) is 9.78 Å². The lowest BCUT2D eigenvalue weighted by Gasteiger charge is -2.31. The van der Waals surface area contributed by atoms with Crippen LogP contribution in [0.5, 0.6) is 0 Å². The number of unbranched alkanes of at least 4 members (excludes halogenated alkanes) is 2. The molecule has 2 heterocycles. The van der Waals surface area contributed by atoms with E-state index in [0.717, 1.165) is 55.6 Å². The fourth-order valence-electron chi connectivity index (χ4n) is 3.10. The standard InChI is InChI=1S/C21H32N2O4/c1-5-26-18(24)12-8-6-7-11-17-14-13-16-10-9-15-23(19(16)22-17)20(25)27-21(2,3)4/h13-14H,5-12,15H2,1-4H3. The van der Waals surface area contributed by atoms with Gasteiger partial charge in [0.05, 0.1) is 6.61 Å². The SMILES string of the molecule is CCOC(=O)CCCCCc1ccc2c(n1)N(C(=O)OC(C)(C)C)CCC2. The van der Waals surface area contributed by atoms with Gasteiger partial charge < -0.3 is 9.47 Å². The number of nitrogens with zero attached hydrogens (tertiary/aromatic N) is 2. The molecule has 0 radical (unpaired) electrons. The molecule has 6 heteroatoms. The van der Waals surface area contributed by atoms with Crippen molar-refractivity contribution >= 4 is 17.9 Å². The molecular weight excluding hydrogens is 344 g/mol. The Kier molecular flexibility index (Phi) is 7.63. The number of fused-ring (bicyclic) bond motifs is 1. The van der Waals surface area contributed by atoms with E-state index in [1.807, 2.05) is 33.8 Å². The molecule has 1 aliphatic heterocycles. The molecule has 27 heavy (non-hydrogen) atoms. The Labute approximate surface area is 162 Å². The van der Waals surface area contributed by atoms with Crippen LogP contribution < -0.4 is 4.90 Å². The molecule has 1 aliphatic rings. The van der Waals surface area contributed by atoms with Crippen molar-refractivity contribution < 1.29 is 19.1 Å². The third-order valence-corrected chi connectivity index (χ3v) is 4.33. The van der Waals surface area contributed by atoms with Crippen LogP contribution in [0.3, 0.4) is 0 Å². The Morgan fingerprint density at radius 3 is 2.67 bits per heavy atom. The van der Waals surface area contributed by atoms with Crippen LogP contribution in [-0.4, -0.2) is 35.8 Å². The van der Waals surface area contributed by atoms with Gasteiger partial charge in [-0.2, -0.15) is 0 Å². The zero-order valence-electron chi connectivity index (χ0n) is 17.0. The monoisotopic (exact) mass is 376 g/mol. The molecule has 1 aromatic heterocycles. The minimum absolute atomic E-state index is 0.127. The second-order valence-electron chi connectivity index (χ2n) is 7.89. The summed E-state index contributed by atoms with van der Waals surface area (Å²) in [7, 11) is 0. The first-order valence-corrected chi connectivity index (χ1v) is 9.95. The van der Waals surface area contributed by atoms with Gasteiger partial charge in [0.25, 0.3) is 0 Å². The molecule has 0 saturated carbocycles. The molecule has 0 aromatic carbocycles. The summed E-state index contributed by atoms with van der Waals surface area (Å²) in [6.45, 7) is 8.51. The highest BCUT2D eigenvalue weighted by Crippen LogP contribution is 2.27. The van der Waals surface area contributed by atoms with Crippen LogP contribution in [0.25, 0.3) is 0 Å². The Morgan fingerprint density at radius 2 is 1.96 bits per heavy atom. The molecule has 6 nitrogen and oxygen atoms in total. The van der Waals surface area contributed by atoms with Gasteiger partial charge in [0.1, 0.15) is 11.4 Å². The lowest BCUT2D eigenvalue weighted by molar-refractivity contribution is -0.143. The number of hydrogen-bond acceptors (Lipinski definition) is 5. The number of pyridine rings is 1. The molecule has 0 atom stereocenters. The van der Waals surface area contributed by atoms with Gasteiger partial charge in [-0.15, -0.1) is 0 Å². The Bertz CT molecular complexity index is 652. The van der Waals surface area contributed by atoms with Crippen LogP contribution in [-0.2, 0) is 27.1 Å². The smallest absolute Gasteiger partial charge is 0.416 e. The zero-order chi connectivity index (χ0) is 19.9. The molecule has 1 aromatic rings. The Morgan fingerprint density at radius 1 is 1.19 bits per heavy atom. The van der Waals surface area contributed by atoms with E-state index in [2.05, 4.69) is 6.07 Å². The summed E-state index contributed by atoms with van der Waals surface area (Å²) >= 11 is 0. The number of hydrogen-bond donors (Lipinski definition) is 0. The summed E-state index contributed by atoms with van der Waals surface area (Å²) < 4.78 is 10.5. The van der Waals surface area contributed by atoms with Gasteiger partial charge in [0.15, 0.2) is 0 Å². The van der Waals surface area contributed by atoms with Crippen LogP contribution in [0, 0.1) is 0 Å². The molecule has 0 aliphatic carbocycles. The van der Waals surface area contributed by atoms with E-state index < -0.39 is 5.60 Å². The van der Waals surface area contributed by atoms with Crippen molar-refractivity contribution in [3.8, 4) is 0 Å². The summed E-state index contributed by atoms with van der Waals surface area (Å²) in [5.41, 5.74) is 1.55. The second-order valence-corrected chi connectivity index (χ2v) is 7.89. The Hall–Kier alpha value is -2.11. The third kappa shape index (κ3) is 6.85. The van der Waals surface area contributed by atoms with E-state index in [1.54, 1.807) is 4.90 Å². The summed E-state index contributed by atoms with van der Waals surface area (Å²) in [5, 5.41) is 0. The van der Waals surface area contributed by atoms with Gasteiger partial charge in [-0.05, 0) is 71.4 Å². The molecule has 0 N–H and O–H groups in total. The van der Waals surface area contributed by atoms with Gasteiger partial charge in [-0.1, -0.05) is 12.5 Å². The molecule has 0 unspecified atom stereocenters. The number of aryl methyl sites for hydroxylation is 2. The molecule has 2 rings (SSSR count). The number of carbonyl (C=O) groups is 2. The maximum Gasteiger partial charge on any atom is 0.416 e. The molecule has 1 amide bonds. The van der Waals surface area contributed by atoms with Crippen LogP contribution in [0.15, 0.2) is 12.1 Å². The molecule has 0 bridgehead atoms. The molecule has 0 saturated heterocycles. The van der Waals surface area contributed by atoms with E-state index in [9.17, 15) is 9.59 Å². The number of rotatable bonds is 7. The predicted octanol–water partition coefficient (Wildman–Crippen LogP) is 4.44. The number of esters is 1. The third-order valence-electron chi connectivity index (χ3n) is 4.33. The average molecular weight is 376 g/mol. The summed E-state index contributed by atoms with van der Waals surface area (Å²) in [4.78, 5) is 30.3. The molecule has 150 valence electrons. The van der Waals surface area contributed by atoms with Crippen molar-refractivity contribution in [1.82, 2.24) is 4.98 Å². The van der Waals surface area contributed by atoms with Crippen LogP contribution in [0.2, 0.25) is 0 Å². The fourth-order valence-corrected chi connectivity index (χ4v) is 3.10. The molecule has 0 fully saturated rings. The molecule has 0 spiro atoms. The maximum atomic E-state index is 12.5. The summed E-state index contributed by atoms with van der Waals surface area (Å²) in [5.74, 6) is 0.608. The van der Waals surface area contributed by atoms with Gasteiger partial charge in [-0.3, -0.25) is 9.69 Å². The van der Waals surface area contributed by atoms with Crippen LogP contribution >= 0.6 is 0 Å². The van der Waals surface area contributed by atoms with Gasteiger partial charge >= 0.3 is 12.1 Å². The first kappa shape index (κ1) is 21.2. The highest BCUT2D eigenvalue weighted by molar-refractivity contribution is 5.88. The highest BCUT2D eigenvalue weighted by atomic mass is 16.6. The summed E-state index contributed by atoms with van der Waals surface area (Å²) in [6.07, 6.45) is 5.56. The second kappa shape index (κ2) is 9.72. The number of ether oxygens (including phenoxy) is 2. The topological polar surface area (TPSA) is 68.7 Å². The maximum absolute atomic E-state index is 12.5. The van der Waals surface area contributed by atoms with E-state index in [-0.39, 0.29) is 12.1 Å². The van der Waals surface area contributed by atoms with E-state index >= 15 is 0 Å². The number of carbonyl (C=O) groups excluding carboxylic acids is 2. The van der Waals surface area contributed by atoms with E-state index in [1.165, 1.54) is 0 Å². The van der Waals surface area contributed by atoms with Crippen LogP contribution in [0.1, 0.15) is 71.1 Å². The average Bonchev–Trinajstić information content (AvgIpc) is 2.59. The van der Waals surface area contributed by atoms with Crippen molar-refractivity contribution in [2.24, 2.45) is 0 Å². The zero-order valence-corrected chi connectivity index (χ0v) is 17.0. The number of anilines is 1. The molecular formula is C21H32N2O4. The van der Waals surface area contributed by atoms with E-state index in [0.29, 0.717) is 19.6 Å². The fraction of sp³-hybridized carbons (Fsp3) is 0.667. The minimum atomic E-state index is -0.523. The van der Waals surface area contributed by atoms with Crippen molar-refractivity contribution in [1.29, 1.82) is 0 Å². The first-order valence-electron chi connectivity index (χ1n) is 9.95. The Balaban J connectivity index is 1.92. The van der Waals surface area contributed by atoms with Gasteiger partial charge in [0, 0.05) is 18.7 Å². The normalized spacial score (nSPS) is 13.9. The largest absolute Gasteiger partial charge is 0.466 e. The lowest BCUT2D eigenvalue weighted by atomic mass is 10.0. The predicted molar refractivity (Wildman–Crippen MR) is 105 cm³/mol. The van der Waals surface area contributed by atoms with Crippen molar-refractivity contribution in [2.75, 3.05) is 18.1 Å². The number of aromatic nitrogens is 1. The number of amides is 1. The van der Waals surface area contributed by atoms with Crippen molar-refractivity contribution in [3.05, 3.63) is 23.4 Å². The lowest BCUT2D eigenvalue weighted by Crippen LogP contribution is -2.40.